The van der Waals surface area contributed by atoms with E-state index >= 15 is 0 Å². The Morgan fingerprint density at radius 2 is 2.00 bits per heavy atom. The largest absolute Gasteiger partial charge is 0.304 e. The van der Waals surface area contributed by atoms with Crippen LogP contribution in [0.2, 0.25) is 0 Å². The van der Waals surface area contributed by atoms with E-state index in [1.807, 2.05) is 6.07 Å². The van der Waals surface area contributed by atoms with Gasteiger partial charge in [-0.15, -0.1) is 0 Å². The maximum Gasteiger partial charge on any atom is 0.137 e. The number of benzene rings is 1. The number of nitrogens with zero attached hydrogens (tertiary/aromatic N) is 2. The van der Waals surface area contributed by atoms with E-state index in [4.69, 9.17) is 0 Å². The molecule has 1 fully saturated rings. The number of nitrogens with one attached hydrogen (secondary N) is 1. The van der Waals surface area contributed by atoms with Gasteiger partial charge in [0.05, 0.1) is 4.47 Å². The highest BCUT2D eigenvalue weighted by molar-refractivity contribution is 9.10. The second kappa shape index (κ2) is 5.91. The third-order valence-corrected chi connectivity index (χ3v) is 3.64. The zero-order valence-electron chi connectivity index (χ0n) is 9.92. The van der Waals surface area contributed by atoms with Crippen LogP contribution in [-0.2, 0) is 6.54 Å². The Hall–Kier alpha value is -0.490. The van der Waals surface area contributed by atoms with E-state index < -0.39 is 0 Å². The molecule has 0 aromatic heterocycles. The molecule has 0 unspecified atom stereocenters. The Labute approximate surface area is 110 Å². The summed E-state index contributed by atoms with van der Waals surface area (Å²) in [4.78, 5) is 2.30. The van der Waals surface area contributed by atoms with Gasteiger partial charge in [-0.2, -0.15) is 0 Å². The fraction of sp³-hybridized carbons (Fsp3) is 0.500. The van der Waals surface area contributed by atoms with E-state index in [0.29, 0.717) is 11.0 Å². The van der Waals surface area contributed by atoms with Crippen molar-refractivity contribution in [3.05, 3.63) is 34.1 Å². The van der Waals surface area contributed by atoms with Crippen molar-refractivity contribution in [2.75, 3.05) is 33.2 Å². The van der Waals surface area contributed by atoms with Crippen LogP contribution in [0.5, 0.6) is 0 Å². The molecule has 0 spiro atoms. The van der Waals surface area contributed by atoms with Crippen LogP contribution in [0.4, 0.5) is 4.39 Å². The normalized spacial score (nSPS) is 18.5. The summed E-state index contributed by atoms with van der Waals surface area (Å²) in [6, 6.07) is 5.24. The van der Waals surface area contributed by atoms with Gasteiger partial charge in [-0.05, 0) is 40.7 Å². The minimum Gasteiger partial charge on any atom is -0.304 e. The molecule has 2 rings (SSSR count). The van der Waals surface area contributed by atoms with Crippen LogP contribution in [-0.4, -0.2) is 43.1 Å². The molecule has 17 heavy (non-hydrogen) atoms. The predicted molar refractivity (Wildman–Crippen MR) is 70.0 cm³/mol. The quantitative estimate of drug-likeness (QED) is 0.919. The van der Waals surface area contributed by atoms with Gasteiger partial charge in [-0.25, -0.2) is 9.40 Å². The molecule has 0 saturated carbocycles. The van der Waals surface area contributed by atoms with Gasteiger partial charge in [-0.1, -0.05) is 6.07 Å². The lowest BCUT2D eigenvalue weighted by atomic mass is 10.2. The minimum absolute atomic E-state index is 0.206. The van der Waals surface area contributed by atoms with Crippen LogP contribution in [0.15, 0.2) is 22.7 Å². The van der Waals surface area contributed by atoms with Crippen molar-refractivity contribution in [3.8, 4) is 0 Å². The number of likely N-dealkylation sites (N-methyl/N-ethyl adjacent to an activating group) is 1. The van der Waals surface area contributed by atoms with E-state index in [1.54, 1.807) is 12.1 Å². The van der Waals surface area contributed by atoms with Crippen molar-refractivity contribution in [2.45, 2.75) is 6.54 Å². The first-order valence-corrected chi connectivity index (χ1v) is 6.55. The molecule has 1 N–H and O–H groups in total. The van der Waals surface area contributed by atoms with Crippen LogP contribution in [0.1, 0.15) is 5.56 Å². The Morgan fingerprint density at radius 1 is 1.29 bits per heavy atom. The van der Waals surface area contributed by atoms with E-state index in [0.717, 1.165) is 31.7 Å². The number of hydrogen-bond donors (Lipinski definition) is 1. The van der Waals surface area contributed by atoms with Crippen LogP contribution >= 0.6 is 15.9 Å². The molecule has 1 saturated heterocycles. The molecule has 0 bridgehead atoms. The zero-order valence-corrected chi connectivity index (χ0v) is 11.5. The van der Waals surface area contributed by atoms with Crippen molar-refractivity contribution < 1.29 is 4.39 Å². The van der Waals surface area contributed by atoms with Gasteiger partial charge in [-0.3, -0.25) is 5.43 Å². The average Bonchev–Trinajstić information content (AvgIpc) is 2.33. The third-order valence-electron chi connectivity index (χ3n) is 2.99. The van der Waals surface area contributed by atoms with Crippen LogP contribution in [0.3, 0.4) is 0 Å². The Balaban J connectivity index is 1.83. The fourth-order valence-electron chi connectivity index (χ4n) is 1.82. The molecule has 0 aliphatic carbocycles. The summed E-state index contributed by atoms with van der Waals surface area (Å²) in [6.07, 6.45) is 0. The molecule has 0 amide bonds. The molecule has 1 aromatic rings. The lowest BCUT2D eigenvalue weighted by Gasteiger charge is -2.32. The van der Waals surface area contributed by atoms with Crippen molar-refractivity contribution in [2.24, 2.45) is 0 Å². The summed E-state index contributed by atoms with van der Waals surface area (Å²) in [5.74, 6) is -0.206. The maximum atomic E-state index is 13.3. The van der Waals surface area contributed by atoms with Crippen LogP contribution < -0.4 is 5.43 Å². The summed E-state index contributed by atoms with van der Waals surface area (Å²) in [7, 11) is 2.13. The molecule has 1 aromatic carbocycles. The molecule has 94 valence electrons. The molecule has 3 nitrogen and oxygen atoms in total. The minimum atomic E-state index is -0.206. The highest BCUT2D eigenvalue weighted by atomic mass is 79.9. The first-order valence-electron chi connectivity index (χ1n) is 5.76. The summed E-state index contributed by atoms with van der Waals surface area (Å²) < 4.78 is 13.8. The first kappa shape index (κ1) is 13.0. The number of hydrazine groups is 1. The van der Waals surface area contributed by atoms with Gasteiger partial charge in [0.15, 0.2) is 0 Å². The Kier molecular flexibility index (Phi) is 4.50. The van der Waals surface area contributed by atoms with Crippen molar-refractivity contribution in [1.82, 2.24) is 15.3 Å². The lowest BCUT2D eigenvalue weighted by Crippen LogP contribution is -2.50. The van der Waals surface area contributed by atoms with Gasteiger partial charge in [0.25, 0.3) is 0 Å². The fourth-order valence-corrected chi connectivity index (χ4v) is 2.06. The monoisotopic (exact) mass is 301 g/mol. The second-order valence-electron chi connectivity index (χ2n) is 4.37. The standard InChI is InChI=1S/C12H17BrFN3/c1-16-4-6-17(7-5-16)15-9-10-2-3-11(13)12(14)8-10/h2-3,8,15H,4-7,9H2,1H3. The predicted octanol–water partition coefficient (Wildman–Crippen LogP) is 1.84. The van der Waals surface area contributed by atoms with Gasteiger partial charge >= 0.3 is 0 Å². The second-order valence-corrected chi connectivity index (χ2v) is 5.23. The van der Waals surface area contributed by atoms with Crippen molar-refractivity contribution in [3.63, 3.8) is 0 Å². The molecule has 0 atom stereocenters. The summed E-state index contributed by atoms with van der Waals surface area (Å²) in [5, 5.41) is 2.19. The SMILES string of the molecule is CN1CCN(NCc2ccc(Br)c(F)c2)CC1. The van der Waals surface area contributed by atoms with Gasteiger partial charge in [0.1, 0.15) is 5.82 Å². The topological polar surface area (TPSA) is 18.5 Å². The Bertz CT molecular complexity index is 378. The van der Waals surface area contributed by atoms with E-state index in [9.17, 15) is 4.39 Å². The van der Waals surface area contributed by atoms with Crippen molar-refractivity contribution in [1.29, 1.82) is 0 Å². The van der Waals surface area contributed by atoms with E-state index in [-0.39, 0.29) is 5.82 Å². The lowest BCUT2D eigenvalue weighted by molar-refractivity contribution is 0.102. The van der Waals surface area contributed by atoms with Gasteiger partial charge in [0, 0.05) is 32.7 Å². The Morgan fingerprint density at radius 3 is 2.65 bits per heavy atom. The van der Waals surface area contributed by atoms with E-state index in [2.05, 4.69) is 38.3 Å². The van der Waals surface area contributed by atoms with Gasteiger partial charge in [0.2, 0.25) is 0 Å². The molecular formula is C12H17BrFN3. The summed E-state index contributed by atoms with van der Waals surface area (Å²) in [6.45, 7) is 4.84. The maximum absolute atomic E-state index is 13.3. The molecular weight excluding hydrogens is 285 g/mol. The highest BCUT2D eigenvalue weighted by Crippen LogP contribution is 2.16. The smallest absolute Gasteiger partial charge is 0.137 e. The number of halogens is 2. The number of hydrogen-bond acceptors (Lipinski definition) is 3. The van der Waals surface area contributed by atoms with Crippen molar-refractivity contribution >= 4 is 15.9 Å². The van der Waals surface area contributed by atoms with Crippen LogP contribution in [0.25, 0.3) is 0 Å². The van der Waals surface area contributed by atoms with Crippen LogP contribution in [0, 0.1) is 5.82 Å². The number of rotatable bonds is 3. The molecule has 1 aliphatic rings. The van der Waals surface area contributed by atoms with E-state index in [1.165, 1.54) is 0 Å². The summed E-state index contributed by atoms with van der Waals surface area (Å²) in [5.41, 5.74) is 4.29. The molecule has 1 aliphatic heterocycles. The summed E-state index contributed by atoms with van der Waals surface area (Å²) >= 11 is 3.15. The molecule has 5 heteroatoms. The third kappa shape index (κ3) is 3.74. The first-order chi connectivity index (χ1) is 8.15. The number of piperazine rings is 1. The average molecular weight is 302 g/mol. The molecule has 0 radical (unpaired) electrons. The zero-order chi connectivity index (χ0) is 12.3. The molecule has 1 heterocycles. The van der Waals surface area contributed by atoms with Gasteiger partial charge < -0.3 is 4.90 Å². The highest BCUT2D eigenvalue weighted by Gasteiger charge is 2.12.